The van der Waals surface area contributed by atoms with Gasteiger partial charge in [-0.3, -0.25) is 19.3 Å². The number of methoxy groups -OCH3 is 2. The molecule has 0 aromatic heterocycles. The van der Waals surface area contributed by atoms with Crippen molar-refractivity contribution in [2.24, 2.45) is 0 Å². The summed E-state index contributed by atoms with van der Waals surface area (Å²) < 4.78 is 34.3. The highest BCUT2D eigenvalue weighted by molar-refractivity contribution is 6.32. The molecule has 13 nitrogen and oxygen atoms in total. The van der Waals surface area contributed by atoms with Gasteiger partial charge in [-0.25, -0.2) is 4.79 Å². The van der Waals surface area contributed by atoms with Gasteiger partial charge >= 0.3 is 5.97 Å². The largest absolute Gasteiger partial charge is 0.497 e. The lowest BCUT2D eigenvalue weighted by atomic mass is 9.97. The van der Waals surface area contributed by atoms with E-state index in [4.69, 9.17) is 40.0 Å². The van der Waals surface area contributed by atoms with Crippen molar-refractivity contribution in [2.75, 3.05) is 40.5 Å². The van der Waals surface area contributed by atoms with Gasteiger partial charge in [0.1, 0.15) is 30.5 Å². The average molecular weight is 1020 g/mol. The fraction of sp³-hybridized carbons (Fsp3) is 0.300. The van der Waals surface area contributed by atoms with Crippen molar-refractivity contribution in [1.82, 2.24) is 15.5 Å². The topological polar surface area (TPSA) is 151 Å². The number of nitrogens with one attached hydrogen (secondary N) is 2. The minimum absolute atomic E-state index is 0.107. The Balaban J connectivity index is 0.862. The molecule has 6 aromatic rings. The smallest absolute Gasteiger partial charge is 0.344 e. The van der Waals surface area contributed by atoms with Gasteiger partial charge in [-0.2, -0.15) is 0 Å². The van der Waals surface area contributed by atoms with Crippen molar-refractivity contribution in [3.8, 4) is 39.9 Å². The van der Waals surface area contributed by atoms with Gasteiger partial charge in [0, 0.05) is 43.2 Å². The molecule has 0 spiro atoms. The lowest BCUT2D eigenvalue weighted by Crippen LogP contribution is -2.49. The van der Waals surface area contributed by atoms with Crippen molar-refractivity contribution < 1.29 is 47.6 Å². The first kappa shape index (κ1) is 54.2. The van der Waals surface area contributed by atoms with E-state index < -0.39 is 12.0 Å². The zero-order valence-electron chi connectivity index (χ0n) is 42.5. The van der Waals surface area contributed by atoms with Crippen molar-refractivity contribution in [3.63, 3.8) is 0 Å². The molecular formula is C60H64ClN3O10. The molecule has 1 aliphatic heterocycles. The Bertz CT molecular complexity index is 2870. The van der Waals surface area contributed by atoms with Crippen LogP contribution in [0.1, 0.15) is 82.8 Å². The molecular weight excluding hydrogens is 958 g/mol. The number of rotatable bonds is 25. The van der Waals surface area contributed by atoms with Crippen LogP contribution >= 0.6 is 11.6 Å². The predicted molar refractivity (Wildman–Crippen MR) is 287 cm³/mol. The molecule has 1 saturated heterocycles. The number of hydrogen-bond acceptors (Lipinski definition) is 11. The number of nitrogens with zero attached hydrogens (tertiary/aromatic N) is 1. The molecule has 0 radical (unpaired) electrons. The number of hydrogen-bond donors (Lipinski definition) is 2. The molecule has 1 heterocycles. The number of esters is 1. The maximum absolute atomic E-state index is 13.7. The molecule has 2 amide bonds. The monoisotopic (exact) mass is 1020 g/mol. The molecule has 74 heavy (non-hydrogen) atoms. The number of likely N-dealkylation sites (tertiary alicyclic amines) is 1. The van der Waals surface area contributed by atoms with E-state index in [1.807, 2.05) is 72.8 Å². The number of halogens is 1. The molecule has 2 N–H and O–H groups in total. The lowest BCUT2D eigenvalue weighted by molar-refractivity contribution is -0.145. The predicted octanol–water partition coefficient (Wildman–Crippen LogP) is 10.9. The van der Waals surface area contributed by atoms with Gasteiger partial charge in [-0.1, -0.05) is 103 Å². The number of benzene rings is 6. The molecule has 386 valence electrons. The first-order chi connectivity index (χ1) is 36.0. The Labute approximate surface area is 438 Å². The van der Waals surface area contributed by atoms with E-state index in [0.29, 0.717) is 90.5 Å². The molecule has 7 rings (SSSR count). The van der Waals surface area contributed by atoms with E-state index in [0.717, 1.165) is 51.8 Å². The summed E-state index contributed by atoms with van der Waals surface area (Å²) in [6.45, 7) is 6.03. The number of allylic oxidation sites excluding steroid dienone is 1. The summed E-state index contributed by atoms with van der Waals surface area (Å²) in [5.74, 6) is 1.76. The number of piperidine rings is 1. The van der Waals surface area contributed by atoms with Gasteiger partial charge in [-0.05, 0) is 127 Å². The number of carbonyl (C=O) groups excluding carboxylic acids is 4. The summed E-state index contributed by atoms with van der Waals surface area (Å²) in [6, 6.07) is 39.6. The Morgan fingerprint density at radius 1 is 0.730 bits per heavy atom. The standard InChI is InChI=1S/C60H64ClN3O10/c1-5-71-59(67)40-74-55-35-56(73-39-47-15-11-16-50(41(47)2)45-13-7-6-8-14-45)51(61)34-48(55)37-64-32-10-9-17-52(64)60(68)62-31-12-18-58(66)63-36-43-19-21-44(22-20-43)38-72-54-30-24-42(33-57(54)70-4)23-29-53(65)46-25-27-49(69-3)28-26-46/h6-8,11,13-16,19-30,33-35,52H,5,9-10,12,17-18,31-32,36-40H2,1-4H3,(H,62,68)(H,63,66)/b29-23+. The van der Waals surface area contributed by atoms with Crippen LogP contribution in [0.5, 0.6) is 28.7 Å². The summed E-state index contributed by atoms with van der Waals surface area (Å²) in [5, 5.41) is 6.42. The van der Waals surface area contributed by atoms with Gasteiger partial charge in [0.2, 0.25) is 11.8 Å². The van der Waals surface area contributed by atoms with Crippen molar-refractivity contribution in [3.05, 3.63) is 177 Å². The van der Waals surface area contributed by atoms with E-state index >= 15 is 0 Å². The van der Waals surface area contributed by atoms with Gasteiger partial charge in [0.15, 0.2) is 23.9 Å². The highest BCUT2D eigenvalue weighted by Gasteiger charge is 2.30. The minimum atomic E-state index is -0.501. The van der Waals surface area contributed by atoms with Crippen LogP contribution in [0.4, 0.5) is 0 Å². The van der Waals surface area contributed by atoms with Gasteiger partial charge in [-0.15, -0.1) is 0 Å². The summed E-state index contributed by atoms with van der Waals surface area (Å²) in [4.78, 5) is 53.7. The second-order valence-electron chi connectivity index (χ2n) is 17.8. The Morgan fingerprint density at radius 2 is 1.50 bits per heavy atom. The number of carbonyl (C=O) groups is 4. The molecule has 1 fully saturated rings. The van der Waals surface area contributed by atoms with Crippen LogP contribution in [0.15, 0.2) is 133 Å². The zero-order chi connectivity index (χ0) is 52.2. The van der Waals surface area contributed by atoms with Crippen LogP contribution < -0.4 is 34.3 Å². The molecule has 1 atom stereocenters. The minimum Gasteiger partial charge on any atom is -0.497 e. The second-order valence-corrected chi connectivity index (χ2v) is 18.2. The molecule has 1 unspecified atom stereocenters. The van der Waals surface area contributed by atoms with Crippen LogP contribution in [0.25, 0.3) is 17.2 Å². The van der Waals surface area contributed by atoms with Crippen LogP contribution in [0.2, 0.25) is 5.02 Å². The maximum atomic E-state index is 13.7. The normalized spacial score (nSPS) is 13.4. The fourth-order valence-electron chi connectivity index (χ4n) is 8.62. The number of ether oxygens (including phenoxy) is 6. The Hall–Kier alpha value is -7.61. The fourth-order valence-corrected chi connectivity index (χ4v) is 8.86. The van der Waals surface area contributed by atoms with Gasteiger partial charge in [0.25, 0.3) is 0 Å². The molecule has 0 saturated carbocycles. The molecule has 0 bridgehead atoms. The van der Waals surface area contributed by atoms with Gasteiger partial charge < -0.3 is 39.1 Å². The van der Waals surface area contributed by atoms with E-state index in [9.17, 15) is 19.2 Å². The maximum Gasteiger partial charge on any atom is 0.344 e. The van der Waals surface area contributed by atoms with Crippen LogP contribution in [-0.4, -0.2) is 75.0 Å². The van der Waals surface area contributed by atoms with E-state index in [1.165, 1.54) is 6.08 Å². The van der Waals surface area contributed by atoms with Crippen LogP contribution in [0, 0.1) is 6.92 Å². The van der Waals surface area contributed by atoms with Gasteiger partial charge in [0.05, 0.1) is 31.9 Å². The SMILES string of the molecule is CCOC(=O)COc1cc(OCc2cccc(-c3ccccc3)c2C)c(Cl)cc1CN1CCCCC1C(=O)NCCCC(=O)NCc1ccc(COc2ccc(/C=C/C(=O)c3ccc(OC)cc3)cc2OC)cc1. The number of ketones is 1. The lowest BCUT2D eigenvalue weighted by Gasteiger charge is -2.35. The van der Waals surface area contributed by atoms with E-state index in [2.05, 4.69) is 40.7 Å². The quantitative estimate of drug-likeness (QED) is 0.0244. The van der Waals surface area contributed by atoms with Crippen LogP contribution in [-0.2, 0) is 45.4 Å². The first-order valence-electron chi connectivity index (χ1n) is 24.9. The van der Waals surface area contributed by atoms with Crippen molar-refractivity contribution in [1.29, 1.82) is 0 Å². The molecule has 14 heteroatoms. The third-order valence-corrected chi connectivity index (χ3v) is 13.0. The highest BCUT2D eigenvalue weighted by Crippen LogP contribution is 2.36. The zero-order valence-corrected chi connectivity index (χ0v) is 43.2. The Morgan fingerprint density at radius 3 is 2.26 bits per heavy atom. The van der Waals surface area contributed by atoms with Crippen LogP contribution in [0.3, 0.4) is 0 Å². The molecule has 6 aromatic carbocycles. The second kappa shape index (κ2) is 27.4. The van der Waals surface area contributed by atoms with Crippen molar-refractivity contribution >= 4 is 41.2 Å². The highest BCUT2D eigenvalue weighted by atomic mass is 35.5. The van der Waals surface area contributed by atoms with E-state index in [1.54, 1.807) is 63.6 Å². The molecule has 0 aliphatic carbocycles. The average Bonchev–Trinajstić information content (AvgIpc) is 3.43. The summed E-state index contributed by atoms with van der Waals surface area (Å²) in [7, 11) is 3.15. The first-order valence-corrected chi connectivity index (χ1v) is 25.3. The third-order valence-electron chi connectivity index (χ3n) is 12.7. The van der Waals surface area contributed by atoms with Crippen molar-refractivity contribution in [2.45, 2.75) is 78.3 Å². The Kier molecular flexibility index (Phi) is 20.1. The summed E-state index contributed by atoms with van der Waals surface area (Å²) in [5.41, 5.74) is 8.26. The number of amides is 2. The molecule has 1 aliphatic rings. The summed E-state index contributed by atoms with van der Waals surface area (Å²) >= 11 is 6.89. The van der Waals surface area contributed by atoms with E-state index in [-0.39, 0.29) is 43.8 Å². The summed E-state index contributed by atoms with van der Waals surface area (Å²) in [6.07, 6.45) is 6.46. The third kappa shape index (κ3) is 15.5.